The molecule has 0 aliphatic carbocycles. The van der Waals surface area contributed by atoms with Crippen LogP contribution in [0.3, 0.4) is 0 Å². The molecule has 0 aromatic carbocycles. The quantitative estimate of drug-likeness (QED) is 0.834. The second-order valence-corrected chi connectivity index (χ2v) is 7.44. The van der Waals surface area contributed by atoms with Crippen LogP contribution in [-0.4, -0.2) is 65.5 Å². The number of anilines is 1. The summed E-state index contributed by atoms with van der Waals surface area (Å²) in [7, 11) is 1.61. The van der Waals surface area contributed by atoms with Crippen molar-refractivity contribution in [1.29, 1.82) is 0 Å². The standard InChI is InChI=1S/C19H23N5O2/c1-25-18-3-2-14(9-20-18)16-8-17(22-12-21-16)24-11-19(26-13-24)10-23-6-4-15(19)5-7-23/h2-3,8-9,12,15H,4-7,10-11,13H2,1H3/t19-/m1/s1. The molecule has 2 aromatic heterocycles. The van der Waals surface area contributed by atoms with E-state index in [-0.39, 0.29) is 5.60 Å². The molecule has 4 saturated heterocycles. The van der Waals surface area contributed by atoms with Crippen molar-refractivity contribution in [2.75, 3.05) is 44.9 Å². The first-order valence-electron chi connectivity index (χ1n) is 9.19. The van der Waals surface area contributed by atoms with Crippen molar-refractivity contribution in [3.8, 4) is 17.1 Å². The van der Waals surface area contributed by atoms with Gasteiger partial charge in [-0.3, -0.25) is 0 Å². The molecule has 0 radical (unpaired) electrons. The zero-order valence-corrected chi connectivity index (χ0v) is 15.0. The Hall–Kier alpha value is -2.25. The highest BCUT2D eigenvalue weighted by Crippen LogP contribution is 2.42. The fraction of sp³-hybridized carbons (Fsp3) is 0.526. The van der Waals surface area contributed by atoms with Crippen LogP contribution >= 0.6 is 0 Å². The maximum atomic E-state index is 6.35. The molecule has 4 aliphatic rings. The van der Waals surface area contributed by atoms with Crippen molar-refractivity contribution in [2.24, 2.45) is 5.92 Å². The highest BCUT2D eigenvalue weighted by molar-refractivity contribution is 5.62. The first-order valence-corrected chi connectivity index (χ1v) is 9.19. The van der Waals surface area contributed by atoms with Crippen LogP contribution in [0, 0.1) is 5.92 Å². The number of hydrogen-bond donors (Lipinski definition) is 0. The van der Waals surface area contributed by atoms with E-state index in [1.54, 1.807) is 19.6 Å². The highest BCUT2D eigenvalue weighted by Gasteiger charge is 2.51. The molecule has 1 atom stereocenters. The van der Waals surface area contributed by atoms with E-state index in [4.69, 9.17) is 9.47 Å². The Bertz CT molecular complexity index is 791. The number of nitrogens with zero attached hydrogens (tertiary/aromatic N) is 5. The number of fused-ring (bicyclic) bond motifs is 2. The molecule has 26 heavy (non-hydrogen) atoms. The van der Waals surface area contributed by atoms with Crippen molar-refractivity contribution in [3.05, 3.63) is 30.7 Å². The monoisotopic (exact) mass is 353 g/mol. The molecule has 4 fully saturated rings. The average molecular weight is 353 g/mol. The Morgan fingerprint density at radius 2 is 2.04 bits per heavy atom. The summed E-state index contributed by atoms with van der Waals surface area (Å²) in [6, 6.07) is 5.83. The van der Waals surface area contributed by atoms with Gasteiger partial charge >= 0.3 is 0 Å². The van der Waals surface area contributed by atoms with Gasteiger partial charge in [0.25, 0.3) is 0 Å². The molecule has 6 rings (SSSR count). The minimum Gasteiger partial charge on any atom is -0.481 e. The highest BCUT2D eigenvalue weighted by atomic mass is 16.5. The predicted molar refractivity (Wildman–Crippen MR) is 97.0 cm³/mol. The normalized spacial score (nSPS) is 30.1. The van der Waals surface area contributed by atoms with Crippen molar-refractivity contribution < 1.29 is 9.47 Å². The Kier molecular flexibility index (Phi) is 3.79. The number of rotatable bonds is 3. The van der Waals surface area contributed by atoms with Crippen LogP contribution in [0.5, 0.6) is 5.88 Å². The third-order valence-corrected chi connectivity index (χ3v) is 6.01. The molecule has 1 spiro atoms. The van der Waals surface area contributed by atoms with Gasteiger partial charge in [0.2, 0.25) is 5.88 Å². The molecule has 2 aromatic rings. The van der Waals surface area contributed by atoms with Crippen LogP contribution < -0.4 is 9.64 Å². The number of ether oxygens (including phenoxy) is 2. The summed E-state index contributed by atoms with van der Waals surface area (Å²) in [5.41, 5.74) is 1.79. The summed E-state index contributed by atoms with van der Waals surface area (Å²) in [5.74, 6) is 2.18. The van der Waals surface area contributed by atoms with E-state index >= 15 is 0 Å². The number of pyridine rings is 1. The molecule has 0 saturated carbocycles. The van der Waals surface area contributed by atoms with Gasteiger partial charge in [0, 0.05) is 30.4 Å². The summed E-state index contributed by atoms with van der Waals surface area (Å²) >= 11 is 0. The lowest BCUT2D eigenvalue weighted by Crippen LogP contribution is -2.61. The molecule has 2 bridgehead atoms. The van der Waals surface area contributed by atoms with Gasteiger partial charge in [-0.2, -0.15) is 0 Å². The van der Waals surface area contributed by atoms with Gasteiger partial charge in [0.05, 0.1) is 19.3 Å². The first-order chi connectivity index (χ1) is 12.8. The molecule has 0 amide bonds. The fourth-order valence-electron chi connectivity index (χ4n) is 4.57. The van der Waals surface area contributed by atoms with Crippen LogP contribution in [0.25, 0.3) is 11.3 Å². The lowest BCUT2D eigenvalue weighted by atomic mass is 9.75. The van der Waals surface area contributed by atoms with Gasteiger partial charge < -0.3 is 19.3 Å². The van der Waals surface area contributed by atoms with Gasteiger partial charge in [-0.1, -0.05) is 0 Å². The van der Waals surface area contributed by atoms with Gasteiger partial charge in [-0.05, 0) is 37.9 Å². The van der Waals surface area contributed by atoms with Crippen LogP contribution in [0.4, 0.5) is 5.82 Å². The Morgan fingerprint density at radius 3 is 2.73 bits per heavy atom. The van der Waals surface area contributed by atoms with E-state index in [0.29, 0.717) is 18.5 Å². The third kappa shape index (κ3) is 2.62. The van der Waals surface area contributed by atoms with Crippen molar-refractivity contribution >= 4 is 5.82 Å². The number of aromatic nitrogens is 3. The second-order valence-electron chi connectivity index (χ2n) is 7.44. The molecule has 4 aliphatic heterocycles. The summed E-state index contributed by atoms with van der Waals surface area (Å²) in [6.45, 7) is 5.00. The van der Waals surface area contributed by atoms with Crippen molar-refractivity contribution in [2.45, 2.75) is 18.4 Å². The summed E-state index contributed by atoms with van der Waals surface area (Å²) in [6.07, 6.45) is 5.90. The lowest BCUT2D eigenvalue weighted by Gasteiger charge is -2.50. The van der Waals surface area contributed by atoms with Crippen LogP contribution in [0.2, 0.25) is 0 Å². The molecule has 136 valence electrons. The maximum absolute atomic E-state index is 6.35. The number of hydrogen-bond acceptors (Lipinski definition) is 7. The molecule has 0 unspecified atom stereocenters. The summed E-state index contributed by atoms with van der Waals surface area (Å²) in [5, 5.41) is 0. The Balaban J connectivity index is 1.38. The number of piperidine rings is 3. The van der Waals surface area contributed by atoms with E-state index in [0.717, 1.165) is 30.2 Å². The summed E-state index contributed by atoms with van der Waals surface area (Å²) < 4.78 is 11.5. The maximum Gasteiger partial charge on any atom is 0.212 e. The molecule has 0 N–H and O–H groups in total. The SMILES string of the molecule is COc1ccc(-c2cc(N3CO[C@]4(CN5CCC4CC5)C3)ncn2)cn1. The fourth-order valence-corrected chi connectivity index (χ4v) is 4.57. The van der Waals surface area contributed by atoms with Gasteiger partial charge in [-0.15, -0.1) is 0 Å². The smallest absolute Gasteiger partial charge is 0.212 e. The largest absolute Gasteiger partial charge is 0.481 e. The predicted octanol–water partition coefficient (Wildman–Crippen LogP) is 1.81. The third-order valence-electron chi connectivity index (χ3n) is 6.01. The van der Waals surface area contributed by atoms with Gasteiger partial charge in [0.15, 0.2) is 0 Å². The first kappa shape index (κ1) is 16.0. The van der Waals surface area contributed by atoms with Gasteiger partial charge in [-0.25, -0.2) is 15.0 Å². The van der Waals surface area contributed by atoms with Gasteiger partial charge in [0.1, 0.15) is 24.5 Å². The lowest BCUT2D eigenvalue weighted by molar-refractivity contribution is -0.116. The average Bonchev–Trinajstić information content (AvgIpc) is 3.12. The van der Waals surface area contributed by atoms with E-state index in [2.05, 4.69) is 24.8 Å². The minimum atomic E-state index is -0.0245. The van der Waals surface area contributed by atoms with Crippen molar-refractivity contribution in [1.82, 2.24) is 19.9 Å². The molecular weight excluding hydrogens is 330 g/mol. The van der Waals surface area contributed by atoms with Crippen LogP contribution in [-0.2, 0) is 4.74 Å². The van der Waals surface area contributed by atoms with Crippen LogP contribution in [0.1, 0.15) is 12.8 Å². The molecule has 7 heteroatoms. The Morgan fingerprint density at radius 1 is 1.15 bits per heavy atom. The zero-order valence-electron chi connectivity index (χ0n) is 15.0. The molecule has 6 heterocycles. The van der Waals surface area contributed by atoms with E-state index < -0.39 is 0 Å². The second kappa shape index (κ2) is 6.17. The minimum absolute atomic E-state index is 0.0245. The molecule has 7 nitrogen and oxygen atoms in total. The van der Waals surface area contributed by atoms with Crippen LogP contribution in [0.15, 0.2) is 30.7 Å². The topological polar surface area (TPSA) is 63.6 Å². The number of methoxy groups -OCH3 is 1. The molecular formula is C19H23N5O2. The Labute approximate surface area is 153 Å². The zero-order chi connectivity index (χ0) is 17.6. The summed E-state index contributed by atoms with van der Waals surface area (Å²) in [4.78, 5) is 18.0. The van der Waals surface area contributed by atoms with E-state index in [1.165, 1.54) is 25.9 Å². The van der Waals surface area contributed by atoms with Crippen molar-refractivity contribution in [3.63, 3.8) is 0 Å². The van der Waals surface area contributed by atoms with E-state index in [9.17, 15) is 0 Å². The van der Waals surface area contributed by atoms with E-state index in [1.807, 2.05) is 18.2 Å².